The van der Waals surface area contributed by atoms with Crippen LogP contribution in [0.2, 0.25) is 0 Å². The van der Waals surface area contributed by atoms with Crippen LogP contribution in [0.15, 0.2) is 18.2 Å². The Morgan fingerprint density at radius 1 is 1.35 bits per heavy atom. The number of hydrogen-bond acceptors (Lipinski definition) is 1. The first-order valence-corrected chi connectivity index (χ1v) is 6.76. The molecule has 1 heteroatoms. The molecular formula is C16H27N. The molecule has 1 aromatic rings. The van der Waals surface area contributed by atoms with Gasteiger partial charge in [0.1, 0.15) is 0 Å². The highest BCUT2D eigenvalue weighted by Crippen LogP contribution is 2.33. The van der Waals surface area contributed by atoms with Gasteiger partial charge < -0.3 is 5.32 Å². The van der Waals surface area contributed by atoms with Gasteiger partial charge in [-0.15, -0.1) is 0 Å². The molecule has 1 N–H and O–H groups in total. The van der Waals surface area contributed by atoms with E-state index in [0.717, 1.165) is 13.0 Å². The van der Waals surface area contributed by atoms with Crippen LogP contribution < -0.4 is 5.32 Å². The van der Waals surface area contributed by atoms with E-state index in [1.165, 1.54) is 23.1 Å². The van der Waals surface area contributed by atoms with Gasteiger partial charge in [-0.05, 0) is 55.3 Å². The smallest absolute Gasteiger partial charge is 0.0380 e. The Kier molecular flexibility index (Phi) is 3.07. The Hall–Kier alpha value is -0.820. The van der Waals surface area contributed by atoms with Gasteiger partial charge in [-0.1, -0.05) is 39.0 Å². The summed E-state index contributed by atoms with van der Waals surface area (Å²) in [5.41, 5.74) is 4.91. The molecule has 1 heterocycles. The van der Waals surface area contributed by atoms with Crippen LogP contribution >= 0.6 is 0 Å². The summed E-state index contributed by atoms with van der Waals surface area (Å²) < 4.78 is 0. The molecule has 0 unspecified atom stereocenters. The average Bonchev–Trinajstić information content (AvgIpc) is 2.28. The fourth-order valence-electron chi connectivity index (χ4n) is 2.64. The Morgan fingerprint density at radius 3 is 2.71 bits per heavy atom. The molecule has 1 aliphatic rings. The second-order valence-corrected chi connectivity index (χ2v) is 6.41. The first-order valence-electron chi connectivity index (χ1n) is 6.76. The highest BCUT2D eigenvalue weighted by molar-refractivity contribution is 5.40. The highest BCUT2D eigenvalue weighted by atomic mass is 15.0. The standard InChI is InChI=1S/C16H25N.H2/c1-6-15(2,3)13-7-8-14-12(11-13)9-10-17-16(14,4)5;/h7-8,11,17H,6,9-10H2,1-5H3;1H. The predicted octanol–water partition coefficient (Wildman–Crippen LogP) is 4.00. The zero-order chi connectivity index (χ0) is 12.7. The van der Waals surface area contributed by atoms with E-state index in [1.807, 2.05) is 0 Å². The fourth-order valence-corrected chi connectivity index (χ4v) is 2.64. The van der Waals surface area contributed by atoms with E-state index in [1.54, 1.807) is 0 Å². The molecule has 2 rings (SSSR count). The molecule has 0 amide bonds. The minimum atomic E-state index is 0. The van der Waals surface area contributed by atoms with Gasteiger partial charge in [0.05, 0.1) is 0 Å². The molecule has 1 nitrogen and oxygen atoms in total. The SMILES string of the molecule is CCC(C)(C)c1ccc2c(c1)CCNC2(C)C.[HH]. The second kappa shape index (κ2) is 4.13. The van der Waals surface area contributed by atoms with E-state index in [-0.39, 0.29) is 6.97 Å². The van der Waals surface area contributed by atoms with Crippen molar-refractivity contribution in [1.29, 1.82) is 0 Å². The van der Waals surface area contributed by atoms with Gasteiger partial charge in [0.2, 0.25) is 0 Å². The van der Waals surface area contributed by atoms with Gasteiger partial charge in [-0.3, -0.25) is 0 Å². The number of hydrogen-bond donors (Lipinski definition) is 1. The van der Waals surface area contributed by atoms with Crippen molar-refractivity contribution in [1.82, 2.24) is 5.32 Å². The van der Waals surface area contributed by atoms with Gasteiger partial charge >= 0.3 is 0 Å². The first-order chi connectivity index (χ1) is 7.87. The Morgan fingerprint density at radius 2 is 2.06 bits per heavy atom. The minimum absolute atomic E-state index is 0. The quantitative estimate of drug-likeness (QED) is 0.814. The molecule has 1 aromatic carbocycles. The van der Waals surface area contributed by atoms with Crippen LogP contribution in [0.5, 0.6) is 0 Å². The van der Waals surface area contributed by atoms with Crippen molar-refractivity contribution < 1.29 is 1.43 Å². The summed E-state index contributed by atoms with van der Waals surface area (Å²) in [7, 11) is 0. The maximum Gasteiger partial charge on any atom is 0.0380 e. The van der Waals surface area contributed by atoms with Crippen LogP contribution in [0.1, 0.15) is 59.2 Å². The molecule has 0 aliphatic carbocycles. The fraction of sp³-hybridized carbons (Fsp3) is 0.625. The molecule has 0 atom stereocenters. The summed E-state index contributed by atoms with van der Waals surface area (Å²) in [5, 5.41) is 3.59. The molecular weight excluding hydrogens is 206 g/mol. The van der Waals surface area contributed by atoms with Crippen LogP contribution in [0.3, 0.4) is 0 Å². The van der Waals surface area contributed by atoms with Gasteiger partial charge in [0.25, 0.3) is 0 Å². The van der Waals surface area contributed by atoms with Gasteiger partial charge in [0.15, 0.2) is 0 Å². The number of rotatable bonds is 2. The highest BCUT2D eigenvalue weighted by Gasteiger charge is 2.28. The summed E-state index contributed by atoms with van der Waals surface area (Å²) in [4.78, 5) is 0. The molecule has 0 radical (unpaired) electrons. The third-order valence-electron chi connectivity index (χ3n) is 4.41. The number of nitrogens with one attached hydrogen (secondary N) is 1. The molecule has 0 saturated heterocycles. The lowest BCUT2D eigenvalue weighted by molar-refractivity contribution is 0.381. The van der Waals surface area contributed by atoms with Crippen LogP contribution in [-0.4, -0.2) is 6.54 Å². The van der Waals surface area contributed by atoms with E-state index >= 15 is 0 Å². The van der Waals surface area contributed by atoms with Crippen molar-refractivity contribution in [2.24, 2.45) is 0 Å². The van der Waals surface area contributed by atoms with Crippen molar-refractivity contribution in [3.8, 4) is 0 Å². The monoisotopic (exact) mass is 233 g/mol. The van der Waals surface area contributed by atoms with Crippen molar-refractivity contribution in [3.63, 3.8) is 0 Å². The van der Waals surface area contributed by atoms with Crippen LogP contribution in [0, 0.1) is 0 Å². The van der Waals surface area contributed by atoms with Gasteiger partial charge in [-0.25, -0.2) is 0 Å². The zero-order valence-electron chi connectivity index (χ0n) is 11.9. The predicted molar refractivity (Wildman–Crippen MR) is 76.6 cm³/mol. The third kappa shape index (κ3) is 2.26. The van der Waals surface area contributed by atoms with Gasteiger partial charge in [-0.2, -0.15) is 0 Å². The van der Waals surface area contributed by atoms with E-state index < -0.39 is 0 Å². The molecule has 0 spiro atoms. The Labute approximate surface area is 107 Å². The summed E-state index contributed by atoms with van der Waals surface area (Å²) in [6.45, 7) is 12.6. The van der Waals surface area contributed by atoms with Gasteiger partial charge in [0, 0.05) is 6.97 Å². The Balaban J connectivity index is 0.00000162. The molecule has 1 aliphatic heterocycles. The lowest BCUT2D eigenvalue weighted by Gasteiger charge is -2.35. The molecule has 0 fully saturated rings. The van der Waals surface area contributed by atoms with Crippen molar-refractivity contribution >= 4 is 0 Å². The van der Waals surface area contributed by atoms with Crippen LogP contribution in [-0.2, 0) is 17.4 Å². The molecule has 0 bridgehead atoms. The normalized spacial score (nSPS) is 18.9. The number of benzene rings is 1. The second-order valence-electron chi connectivity index (χ2n) is 6.41. The zero-order valence-corrected chi connectivity index (χ0v) is 11.9. The van der Waals surface area contributed by atoms with Crippen LogP contribution in [0.4, 0.5) is 0 Å². The lowest BCUT2D eigenvalue weighted by Crippen LogP contribution is -2.42. The van der Waals surface area contributed by atoms with Crippen molar-refractivity contribution in [2.45, 2.75) is 58.4 Å². The molecule has 0 aromatic heterocycles. The Bertz CT molecular complexity index is 421. The van der Waals surface area contributed by atoms with E-state index in [4.69, 9.17) is 0 Å². The van der Waals surface area contributed by atoms with E-state index in [9.17, 15) is 0 Å². The molecule has 0 saturated carbocycles. The summed E-state index contributed by atoms with van der Waals surface area (Å²) in [5.74, 6) is 0. The lowest BCUT2D eigenvalue weighted by atomic mass is 9.77. The maximum atomic E-state index is 3.59. The first kappa shape index (κ1) is 12.6. The number of fused-ring (bicyclic) bond motifs is 1. The molecule has 17 heavy (non-hydrogen) atoms. The van der Waals surface area contributed by atoms with Crippen molar-refractivity contribution in [2.75, 3.05) is 6.54 Å². The van der Waals surface area contributed by atoms with Crippen LogP contribution in [0.25, 0.3) is 0 Å². The summed E-state index contributed by atoms with van der Waals surface area (Å²) in [6, 6.07) is 7.08. The minimum Gasteiger partial charge on any atom is -0.307 e. The average molecular weight is 233 g/mol. The molecule has 96 valence electrons. The third-order valence-corrected chi connectivity index (χ3v) is 4.41. The van der Waals surface area contributed by atoms with Crippen molar-refractivity contribution in [3.05, 3.63) is 34.9 Å². The van der Waals surface area contributed by atoms with E-state index in [0.29, 0.717) is 5.41 Å². The summed E-state index contributed by atoms with van der Waals surface area (Å²) >= 11 is 0. The van der Waals surface area contributed by atoms with E-state index in [2.05, 4.69) is 58.1 Å². The maximum absolute atomic E-state index is 3.59. The largest absolute Gasteiger partial charge is 0.307 e. The topological polar surface area (TPSA) is 12.0 Å². The summed E-state index contributed by atoms with van der Waals surface area (Å²) in [6.07, 6.45) is 2.35.